The molecule has 0 radical (unpaired) electrons. The first-order valence-corrected chi connectivity index (χ1v) is 11.8. The zero-order valence-corrected chi connectivity index (χ0v) is 19.2. The predicted octanol–water partition coefficient (Wildman–Crippen LogP) is 3.13. The maximum Gasteiger partial charge on any atom is 0.191 e. The number of rotatable bonds is 8. The Morgan fingerprint density at radius 2 is 2.00 bits per heavy atom. The van der Waals surface area contributed by atoms with E-state index in [0.29, 0.717) is 12.5 Å². The van der Waals surface area contributed by atoms with Crippen LogP contribution in [0, 0.1) is 12.8 Å². The molecule has 0 saturated carbocycles. The molecule has 30 heavy (non-hydrogen) atoms. The fourth-order valence-electron chi connectivity index (χ4n) is 3.76. The lowest BCUT2D eigenvalue weighted by atomic mass is 9.96. The monoisotopic (exact) mass is 429 g/mol. The predicted molar refractivity (Wildman–Crippen MR) is 125 cm³/mol. The molecule has 3 N–H and O–H groups in total. The lowest BCUT2D eigenvalue weighted by Crippen LogP contribution is -2.43. The van der Waals surface area contributed by atoms with E-state index in [9.17, 15) is 5.11 Å². The van der Waals surface area contributed by atoms with Crippen molar-refractivity contribution in [2.24, 2.45) is 10.9 Å². The number of nitrogens with one attached hydrogen (secondary N) is 2. The van der Waals surface area contributed by atoms with Crippen LogP contribution in [0.1, 0.15) is 43.0 Å². The number of thiazole rings is 1. The SMILES string of the molecule is CCNC(=NCC(C)(O)c1ccccc1)NCC1CCN(Cc2csc(C)n2)CC1. The van der Waals surface area contributed by atoms with Gasteiger partial charge in [0.25, 0.3) is 0 Å². The quantitative estimate of drug-likeness (QED) is 0.444. The van der Waals surface area contributed by atoms with Gasteiger partial charge in [0.1, 0.15) is 5.60 Å². The van der Waals surface area contributed by atoms with E-state index >= 15 is 0 Å². The smallest absolute Gasteiger partial charge is 0.191 e. The van der Waals surface area contributed by atoms with Gasteiger partial charge in [-0.1, -0.05) is 30.3 Å². The summed E-state index contributed by atoms with van der Waals surface area (Å²) >= 11 is 1.73. The number of aliphatic imine (C=N–C) groups is 1. The molecular formula is C23H35N5OS. The highest BCUT2D eigenvalue weighted by molar-refractivity contribution is 7.09. The number of nitrogens with zero attached hydrogens (tertiary/aromatic N) is 3. The van der Waals surface area contributed by atoms with E-state index in [1.165, 1.54) is 18.5 Å². The fraction of sp³-hybridized carbons (Fsp3) is 0.565. The Morgan fingerprint density at radius 3 is 2.63 bits per heavy atom. The number of hydrogen-bond donors (Lipinski definition) is 3. The van der Waals surface area contributed by atoms with Crippen molar-refractivity contribution >= 4 is 17.3 Å². The maximum atomic E-state index is 10.8. The number of hydrogen-bond acceptors (Lipinski definition) is 5. The minimum atomic E-state index is -0.983. The van der Waals surface area contributed by atoms with Crippen LogP contribution in [0.25, 0.3) is 0 Å². The van der Waals surface area contributed by atoms with Gasteiger partial charge in [0, 0.05) is 25.0 Å². The Kier molecular flexibility index (Phi) is 8.24. The van der Waals surface area contributed by atoms with Crippen LogP contribution in [-0.4, -0.2) is 53.7 Å². The zero-order chi connectivity index (χ0) is 21.4. The van der Waals surface area contributed by atoms with Crippen molar-refractivity contribution in [3.8, 4) is 0 Å². The largest absolute Gasteiger partial charge is 0.384 e. The van der Waals surface area contributed by atoms with Crippen molar-refractivity contribution in [3.05, 3.63) is 52.0 Å². The average molecular weight is 430 g/mol. The Hall–Kier alpha value is -1.96. The molecule has 1 aromatic carbocycles. The number of likely N-dealkylation sites (tertiary alicyclic amines) is 1. The molecule has 1 saturated heterocycles. The molecule has 164 valence electrons. The van der Waals surface area contributed by atoms with Gasteiger partial charge < -0.3 is 15.7 Å². The van der Waals surface area contributed by atoms with E-state index in [1.54, 1.807) is 11.3 Å². The van der Waals surface area contributed by atoms with Crippen molar-refractivity contribution in [2.45, 2.75) is 45.8 Å². The van der Waals surface area contributed by atoms with Gasteiger partial charge in [0.15, 0.2) is 5.96 Å². The second-order valence-electron chi connectivity index (χ2n) is 8.29. The molecule has 0 spiro atoms. The topological polar surface area (TPSA) is 72.8 Å². The summed E-state index contributed by atoms with van der Waals surface area (Å²) in [6.45, 7) is 11.1. The van der Waals surface area contributed by atoms with Gasteiger partial charge >= 0.3 is 0 Å². The Morgan fingerprint density at radius 1 is 1.27 bits per heavy atom. The molecule has 1 fully saturated rings. The highest BCUT2D eigenvalue weighted by atomic mass is 32.1. The van der Waals surface area contributed by atoms with Gasteiger partial charge in [0.05, 0.1) is 17.2 Å². The summed E-state index contributed by atoms with van der Waals surface area (Å²) in [7, 11) is 0. The third kappa shape index (κ3) is 6.79. The Balaban J connectivity index is 1.46. The van der Waals surface area contributed by atoms with Crippen LogP contribution in [-0.2, 0) is 12.1 Å². The summed E-state index contributed by atoms with van der Waals surface area (Å²) < 4.78 is 0. The molecule has 2 aromatic rings. The van der Waals surface area contributed by atoms with Crippen molar-refractivity contribution in [1.29, 1.82) is 0 Å². The minimum absolute atomic E-state index is 0.317. The van der Waals surface area contributed by atoms with E-state index in [0.717, 1.165) is 49.3 Å². The molecule has 1 atom stereocenters. The lowest BCUT2D eigenvalue weighted by Gasteiger charge is -2.32. The molecule has 7 heteroatoms. The molecule has 3 rings (SSSR count). The van der Waals surface area contributed by atoms with E-state index in [2.05, 4.69) is 44.7 Å². The molecule has 0 bridgehead atoms. The summed E-state index contributed by atoms with van der Waals surface area (Å²) in [6.07, 6.45) is 2.36. The van der Waals surface area contributed by atoms with E-state index < -0.39 is 5.60 Å². The average Bonchev–Trinajstić information content (AvgIpc) is 3.16. The van der Waals surface area contributed by atoms with Crippen LogP contribution in [0.2, 0.25) is 0 Å². The van der Waals surface area contributed by atoms with Crippen molar-refractivity contribution in [2.75, 3.05) is 32.7 Å². The zero-order valence-electron chi connectivity index (χ0n) is 18.4. The molecule has 6 nitrogen and oxygen atoms in total. The molecule has 1 aliphatic rings. The van der Waals surface area contributed by atoms with Gasteiger partial charge in [-0.25, -0.2) is 9.98 Å². The minimum Gasteiger partial charge on any atom is -0.384 e. The first-order valence-electron chi connectivity index (χ1n) is 10.9. The fourth-order valence-corrected chi connectivity index (χ4v) is 4.37. The third-order valence-electron chi connectivity index (χ3n) is 5.60. The van der Waals surface area contributed by atoms with Gasteiger partial charge in [-0.15, -0.1) is 11.3 Å². The number of piperidine rings is 1. The second kappa shape index (κ2) is 10.9. The van der Waals surface area contributed by atoms with Crippen molar-refractivity contribution in [3.63, 3.8) is 0 Å². The summed E-state index contributed by atoms with van der Waals surface area (Å²) in [4.78, 5) is 11.7. The number of aryl methyl sites for hydroxylation is 1. The highest BCUT2D eigenvalue weighted by Crippen LogP contribution is 2.21. The van der Waals surface area contributed by atoms with Crippen LogP contribution in [0.15, 0.2) is 40.7 Å². The summed E-state index contributed by atoms with van der Waals surface area (Å²) in [6, 6.07) is 9.72. The maximum absolute atomic E-state index is 10.8. The standard InChI is InChI=1S/C23H35N5OS/c1-4-24-22(26-17-23(3,29)20-8-6-5-7-9-20)25-14-19-10-12-28(13-11-19)15-21-16-30-18(2)27-21/h5-9,16,19,29H,4,10-15,17H2,1-3H3,(H2,24,25,26). The van der Waals surface area contributed by atoms with E-state index in [-0.39, 0.29) is 0 Å². The third-order valence-corrected chi connectivity index (χ3v) is 6.42. The molecule has 0 aliphatic carbocycles. The van der Waals surface area contributed by atoms with Crippen molar-refractivity contribution in [1.82, 2.24) is 20.5 Å². The lowest BCUT2D eigenvalue weighted by molar-refractivity contribution is 0.0672. The van der Waals surface area contributed by atoms with Gasteiger partial charge in [-0.3, -0.25) is 4.90 Å². The molecule has 2 heterocycles. The summed E-state index contributed by atoms with van der Waals surface area (Å²) in [5.74, 6) is 1.41. The number of guanidine groups is 1. The van der Waals surface area contributed by atoms with E-state index in [1.807, 2.05) is 37.3 Å². The first kappa shape index (κ1) is 22.7. The number of benzene rings is 1. The van der Waals surface area contributed by atoms with Crippen LogP contribution in [0.5, 0.6) is 0 Å². The van der Waals surface area contributed by atoms with Crippen LogP contribution in [0.4, 0.5) is 0 Å². The number of aliphatic hydroxyl groups is 1. The normalized spacial score (nSPS) is 18.2. The molecule has 1 aromatic heterocycles. The van der Waals surface area contributed by atoms with Crippen molar-refractivity contribution < 1.29 is 5.11 Å². The van der Waals surface area contributed by atoms with Gasteiger partial charge in [-0.2, -0.15) is 0 Å². The molecule has 1 unspecified atom stereocenters. The Bertz CT molecular complexity index is 797. The second-order valence-corrected chi connectivity index (χ2v) is 9.36. The van der Waals surface area contributed by atoms with E-state index in [4.69, 9.17) is 0 Å². The van der Waals surface area contributed by atoms with Crippen LogP contribution in [0.3, 0.4) is 0 Å². The summed E-state index contributed by atoms with van der Waals surface area (Å²) in [5, 5.41) is 20.9. The van der Waals surface area contributed by atoms with Crippen LogP contribution < -0.4 is 10.6 Å². The summed E-state index contributed by atoms with van der Waals surface area (Å²) in [5.41, 5.74) is 1.09. The Labute approximate surface area is 184 Å². The van der Waals surface area contributed by atoms with Gasteiger partial charge in [0.2, 0.25) is 0 Å². The highest BCUT2D eigenvalue weighted by Gasteiger charge is 2.23. The molecular weight excluding hydrogens is 394 g/mol. The number of aromatic nitrogens is 1. The first-order chi connectivity index (χ1) is 14.5. The molecule has 1 aliphatic heterocycles. The van der Waals surface area contributed by atoms with Gasteiger partial charge in [-0.05, 0) is 58.2 Å². The van der Waals surface area contributed by atoms with Crippen LogP contribution >= 0.6 is 11.3 Å². The molecule has 0 amide bonds.